The van der Waals surface area contributed by atoms with E-state index in [1.807, 2.05) is 0 Å². The summed E-state index contributed by atoms with van der Waals surface area (Å²) >= 11 is 1.11. The molecular formula is C22H21NO6S. The van der Waals surface area contributed by atoms with Crippen LogP contribution in [0.15, 0.2) is 63.7 Å². The number of methoxy groups -OCH3 is 2. The number of aliphatic hydroxyl groups excluding tert-OH is 1. The van der Waals surface area contributed by atoms with Gasteiger partial charge in [0.15, 0.2) is 11.5 Å². The number of hydrogen-bond acceptors (Lipinski definition) is 8. The lowest BCUT2D eigenvalue weighted by molar-refractivity contribution is -0.138. The van der Waals surface area contributed by atoms with E-state index in [4.69, 9.17) is 14.2 Å². The maximum Gasteiger partial charge on any atom is 0.344 e. The topological polar surface area (TPSA) is 97.6 Å². The molecule has 0 saturated heterocycles. The van der Waals surface area contributed by atoms with E-state index in [0.29, 0.717) is 32.7 Å². The summed E-state index contributed by atoms with van der Waals surface area (Å²) in [6, 6.07) is 12.0. The van der Waals surface area contributed by atoms with Gasteiger partial charge in [0.05, 0.1) is 31.4 Å². The molecule has 0 saturated carbocycles. The van der Waals surface area contributed by atoms with Gasteiger partial charge in [0, 0.05) is 5.56 Å². The molecule has 8 heteroatoms. The van der Waals surface area contributed by atoms with Gasteiger partial charge in [0.25, 0.3) is 0 Å². The number of aromatic hydroxyl groups is 1. The Morgan fingerprint density at radius 2 is 1.83 bits per heavy atom. The van der Waals surface area contributed by atoms with E-state index < -0.39 is 5.97 Å². The minimum absolute atomic E-state index is 0.0219. The highest BCUT2D eigenvalue weighted by molar-refractivity contribution is 8.18. The molecule has 0 aromatic heterocycles. The number of rotatable bonds is 6. The Kier molecular flexibility index (Phi) is 6.68. The Hall–Kier alpha value is -3.39. The summed E-state index contributed by atoms with van der Waals surface area (Å²) in [6.45, 7) is 1.84. The van der Waals surface area contributed by atoms with Gasteiger partial charge in [-0.3, -0.25) is 0 Å². The second-order valence-electron chi connectivity index (χ2n) is 6.07. The average Bonchev–Trinajstić information content (AvgIpc) is 3.05. The summed E-state index contributed by atoms with van der Waals surface area (Å²) in [5.41, 5.74) is 0.988. The van der Waals surface area contributed by atoms with Crippen LogP contribution in [0.4, 0.5) is 5.69 Å². The highest BCUT2D eigenvalue weighted by Gasteiger charge is 2.33. The predicted molar refractivity (Wildman–Crippen MR) is 117 cm³/mol. The number of ether oxygens (including phenoxy) is 3. The first-order valence-electron chi connectivity index (χ1n) is 9.07. The van der Waals surface area contributed by atoms with Crippen LogP contribution in [0.2, 0.25) is 0 Å². The van der Waals surface area contributed by atoms with Gasteiger partial charge in [-0.2, -0.15) is 0 Å². The van der Waals surface area contributed by atoms with E-state index >= 15 is 0 Å². The molecule has 156 valence electrons. The van der Waals surface area contributed by atoms with Crippen molar-refractivity contribution in [3.05, 3.63) is 64.3 Å². The number of hydrogen-bond donors (Lipinski definition) is 2. The monoisotopic (exact) mass is 427 g/mol. The molecule has 30 heavy (non-hydrogen) atoms. The first kappa shape index (κ1) is 21.3. The van der Waals surface area contributed by atoms with Crippen LogP contribution in [0.25, 0.3) is 6.08 Å². The summed E-state index contributed by atoms with van der Waals surface area (Å²) in [6.07, 6.45) is 1.56. The number of carbonyl (C=O) groups excluding carboxylic acids is 1. The van der Waals surface area contributed by atoms with Crippen molar-refractivity contribution in [3.8, 4) is 17.2 Å². The summed E-state index contributed by atoms with van der Waals surface area (Å²) in [5, 5.41) is 21.4. The van der Waals surface area contributed by atoms with E-state index in [-0.39, 0.29) is 23.7 Å². The molecule has 7 nitrogen and oxygen atoms in total. The van der Waals surface area contributed by atoms with Gasteiger partial charge < -0.3 is 24.4 Å². The van der Waals surface area contributed by atoms with Crippen molar-refractivity contribution in [2.75, 3.05) is 20.8 Å². The van der Waals surface area contributed by atoms with Crippen molar-refractivity contribution in [1.82, 2.24) is 0 Å². The zero-order chi connectivity index (χ0) is 21.7. The normalized spacial score (nSPS) is 16.2. The van der Waals surface area contributed by atoms with Crippen LogP contribution in [-0.4, -0.2) is 42.1 Å². The number of esters is 1. The number of benzene rings is 2. The minimum Gasteiger partial charge on any atom is -0.506 e. The van der Waals surface area contributed by atoms with Crippen LogP contribution in [-0.2, 0) is 9.53 Å². The van der Waals surface area contributed by atoms with Crippen molar-refractivity contribution >= 4 is 34.5 Å². The number of phenolic OH excluding ortho intramolecular Hbond substituents is 1. The number of carbonyl (C=O) groups is 1. The third-order valence-electron chi connectivity index (χ3n) is 4.21. The summed E-state index contributed by atoms with van der Waals surface area (Å²) in [4.78, 5) is 17.3. The molecule has 1 heterocycles. The van der Waals surface area contributed by atoms with Crippen molar-refractivity contribution < 1.29 is 29.2 Å². The fraction of sp³-hybridized carbons (Fsp3) is 0.182. The van der Waals surface area contributed by atoms with Crippen LogP contribution in [0.5, 0.6) is 17.2 Å². The molecule has 0 aliphatic carbocycles. The first-order chi connectivity index (χ1) is 14.5. The van der Waals surface area contributed by atoms with E-state index in [9.17, 15) is 15.0 Å². The SMILES string of the molecule is CCOC(=O)C1=C(O)C(=Cc2cccc(OC)c2O)SC1=Nc1ccc(OC)cc1. The highest BCUT2D eigenvalue weighted by Crippen LogP contribution is 2.42. The third-order valence-corrected chi connectivity index (χ3v) is 5.23. The van der Waals surface area contributed by atoms with Crippen molar-refractivity contribution in [2.24, 2.45) is 4.99 Å². The van der Waals surface area contributed by atoms with E-state index in [2.05, 4.69) is 4.99 Å². The second-order valence-corrected chi connectivity index (χ2v) is 7.10. The van der Waals surface area contributed by atoms with Crippen LogP contribution in [0.3, 0.4) is 0 Å². The van der Waals surface area contributed by atoms with E-state index in [1.165, 1.54) is 7.11 Å². The molecule has 1 aliphatic rings. The molecule has 0 amide bonds. The molecule has 1 aliphatic heterocycles. The zero-order valence-electron chi connectivity index (χ0n) is 16.7. The quantitative estimate of drug-likeness (QED) is 0.650. The minimum atomic E-state index is -0.673. The van der Waals surface area contributed by atoms with Crippen LogP contribution < -0.4 is 9.47 Å². The van der Waals surface area contributed by atoms with Gasteiger partial charge in [-0.05, 0) is 43.3 Å². The Morgan fingerprint density at radius 1 is 1.10 bits per heavy atom. The number of aliphatic imine (C=N–C) groups is 1. The predicted octanol–water partition coefficient (Wildman–Crippen LogP) is 4.60. The molecule has 3 rings (SSSR count). The Balaban J connectivity index is 2.05. The maximum absolute atomic E-state index is 12.5. The van der Waals surface area contributed by atoms with Crippen molar-refractivity contribution in [2.45, 2.75) is 6.92 Å². The summed E-state index contributed by atoms with van der Waals surface area (Å²) in [7, 11) is 3.02. The molecular weight excluding hydrogens is 406 g/mol. The zero-order valence-corrected chi connectivity index (χ0v) is 17.5. The fourth-order valence-corrected chi connectivity index (χ4v) is 3.75. The summed E-state index contributed by atoms with van der Waals surface area (Å²) < 4.78 is 15.4. The average molecular weight is 427 g/mol. The molecule has 2 aromatic carbocycles. The van der Waals surface area contributed by atoms with Crippen molar-refractivity contribution in [1.29, 1.82) is 0 Å². The molecule has 0 atom stereocenters. The highest BCUT2D eigenvalue weighted by atomic mass is 32.2. The van der Waals surface area contributed by atoms with Gasteiger partial charge in [-0.15, -0.1) is 0 Å². The molecule has 0 spiro atoms. The van der Waals surface area contributed by atoms with Crippen LogP contribution in [0.1, 0.15) is 12.5 Å². The fourth-order valence-electron chi connectivity index (χ4n) is 2.73. The smallest absolute Gasteiger partial charge is 0.344 e. The molecule has 0 fully saturated rings. The first-order valence-corrected chi connectivity index (χ1v) is 9.89. The van der Waals surface area contributed by atoms with E-state index in [1.54, 1.807) is 62.6 Å². The van der Waals surface area contributed by atoms with Crippen LogP contribution in [0, 0.1) is 0 Å². The number of phenols is 1. The standard InChI is InChI=1S/C22H21NO6S/c1-4-29-22(26)18-20(25)17(12-13-6-5-7-16(28-3)19(13)24)30-21(18)23-14-8-10-15(27-2)11-9-14/h5-12,24-25H,4H2,1-3H3. The molecule has 0 radical (unpaired) electrons. The van der Waals surface area contributed by atoms with E-state index in [0.717, 1.165) is 11.8 Å². The van der Waals surface area contributed by atoms with Gasteiger partial charge in [0.2, 0.25) is 0 Å². The van der Waals surface area contributed by atoms with Gasteiger partial charge in [-0.1, -0.05) is 23.9 Å². The second kappa shape index (κ2) is 9.41. The van der Waals surface area contributed by atoms with Gasteiger partial charge >= 0.3 is 5.97 Å². The Labute approximate surface area is 178 Å². The number of para-hydroxylation sites is 1. The molecule has 2 aromatic rings. The van der Waals surface area contributed by atoms with Gasteiger partial charge in [0.1, 0.15) is 22.1 Å². The van der Waals surface area contributed by atoms with Gasteiger partial charge in [-0.25, -0.2) is 9.79 Å². The Morgan fingerprint density at radius 3 is 2.47 bits per heavy atom. The number of aliphatic hydroxyl groups is 1. The maximum atomic E-state index is 12.5. The molecule has 0 unspecified atom stereocenters. The lowest BCUT2D eigenvalue weighted by Gasteiger charge is -2.06. The Bertz CT molecular complexity index is 1040. The summed E-state index contributed by atoms with van der Waals surface area (Å²) in [5.74, 6) is -0.0234. The lowest BCUT2D eigenvalue weighted by atomic mass is 10.1. The largest absolute Gasteiger partial charge is 0.506 e. The molecule has 2 N–H and O–H groups in total. The third kappa shape index (κ3) is 4.44. The van der Waals surface area contributed by atoms with Crippen LogP contribution >= 0.6 is 11.8 Å². The lowest BCUT2D eigenvalue weighted by Crippen LogP contribution is -2.12. The number of thioether (sulfide) groups is 1. The number of nitrogens with zero attached hydrogens (tertiary/aromatic N) is 1. The van der Waals surface area contributed by atoms with Crippen molar-refractivity contribution in [3.63, 3.8) is 0 Å². The molecule has 0 bridgehead atoms.